The third-order valence-electron chi connectivity index (χ3n) is 4.35. The average molecular weight is 418 g/mol. The van der Waals surface area contributed by atoms with Crippen LogP contribution in [0.2, 0.25) is 0 Å². The lowest BCUT2D eigenvalue weighted by Gasteiger charge is -2.09. The second kappa shape index (κ2) is 9.04. The number of hydrogen-bond acceptors (Lipinski definition) is 7. The summed E-state index contributed by atoms with van der Waals surface area (Å²) in [5.74, 6) is -1.99. The summed E-state index contributed by atoms with van der Waals surface area (Å²) in [7, 11) is 0. The molecule has 0 spiro atoms. The molecular formula is C22H18N4O5. The van der Waals surface area contributed by atoms with E-state index in [1.807, 2.05) is 60.7 Å². The Bertz CT molecular complexity index is 1210. The molecule has 1 N–H and O–H groups in total. The van der Waals surface area contributed by atoms with Gasteiger partial charge in [-0.2, -0.15) is 4.98 Å². The molecule has 2 heterocycles. The zero-order valence-corrected chi connectivity index (χ0v) is 16.3. The largest absolute Gasteiger partial charge is 0.480 e. The number of fused-ring (bicyclic) bond motifs is 1. The van der Waals surface area contributed by atoms with Gasteiger partial charge in [-0.15, -0.1) is 0 Å². The fourth-order valence-corrected chi connectivity index (χ4v) is 2.89. The number of nitrogens with zero attached hydrogens (tertiary/aromatic N) is 4. The zero-order valence-electron chi connectivity index (χ0n) is 16.3. The molecule has 156 valence electrons. The molecule has 9 heteroatoms. The number of imidazole rings is 1. The molecule has 0 radical (unpaired) electrons. The van der Waals surface area contributed by atoms with Crippen LogP contribution < -0.4 is 4.74 Å². The number of hydrogen-bond donors (Lipinski definition) is 1. The molecule has 0 saturated carbocycles. The van der Waals surface area contributed by atoms with Crippen molar-refractivity contribution < 1.29 is 24.2 Å². The minimum Gasteiger partial charge on any atom is -0.480 e. The van der Waals surface area contributed by atoms with Crippen LogP contribution in [0.15, 0.2) is 67.0 Å². The van der Waals surface area contributed by atoms with Gasteiger partial charge in [-0.25, -0.2) is 14.8 Å². The van der Waals surface area contributed by atoms with Gasteiger partial charge in [0.05, 0.1) is 6.33 Å². The van der Waals surface area contributed by atoms with E-state index in [1.165, 1.54) is 10.9 Å². The topological polar surface area (TPSA) is 116 Å². The Kier molecular flexibility index (Phi) is 5.84. The van der Waals surface area contributed by atoms with Crippen molar-refractivity contribution >= 4 is 23.1 Å². The molecule has 0 aliphatic carbocycles. The minimum absolute atomic E-state index is 0.0513. The molecule has 0 amide bonds. The van der Waals surface area contributed by atoms with Gasteiger partial charge in [0.15, 0.2) is 11.2 Å². The Hall–Kier alpha value is -4.27. The van der Waals surface area contributed by atoms with Crippen molar-refractivity contribution in [3.8, 4) is 5.88 Å². The molecular weight excluding hydrogens is 400 g/mol. The SMILES string of the molecule is O=C(O)Cn1cnc2c(OCc3ccccc3)nc(C(=O)OCc3ccccc3)nc21. The number of carbonyl (C=O) groups is 2. The standard InChI is InChI=1S/C22H18N4O5/c27-17(28)11-26-14-23-18-20(26)24-19(22(29)31-13-16-9-5-2-6-10-16)25-21(18)30-12-15-7-3-1-4-8-15/h1-10,14H,11-13H2,(H,27,28). The Morgan fingerprint density at radius 3 is 2.19 bits per heavy atom. The van der Waals surface area contributed by atoms with Crippen LogP contribution in [0, 0.1) is 0 Å². The first-order chi connectivity index (χ1) is 15.1. The number of carboxylic acid groups (broad SMARTS) is 1. The van der Waals surface area contributed by atoms with E-state index in [2.05, 4.69) is 15.0 Å². The zero-order chi connectivity index (χ0) is 21.6. The molecule has 0 aliphatic heterocycles. The van der Waals surface area contributed by atoms with Crippen LogP contribution in [0.5, 0.6) is 5.88 Å². The van der Waals surface area contributed by atoms with E-state index in [0.717, 1.165) is 11.1 Å². The van der Waals surface area contributed by atoms with Gasteiger partial charge in [0.1, 0.15) is 19.8 Å². The Morgan fingerprint density at radius 1 is 0.903 bits per heavy atom. The lowest BCUT2D eigenvalue weighted by atomic mass is 10.2. The highest BCUT2D eigenvalue weighted by Gasteiger charge is 2.20. The third kappa shape index (κ3) is 4.84. The van der Waals surface area contributed by atoms with Crippen LogP contribution in [0.1, 0.15) is 21.7 Å². The van der Waals surface area contributed by atoms with Crippen LogP contribution in [0.4, 0.5) is 0 Å². The summed E-state index contributed by atoms with van der Waals surface area (Å²) in [4.78, 5) is 36.3. The van der Waals surface area contributed by atoms with Gasteiger partial charge in [0, 0.05) is 0 Å². The Morgan fingerprint density at radius 2 is 1.55 bits per heavy atom. The van der Waals surface area contributed by atoms with E-state index in [1.54, 1.807) is 0 Å². The summed E-state index contributed by atoms with van der Waals surface area (Å²) in [6, 6.07) is 18.6. The van der Waals surface area contributed by atoms with Crippen LogP contribution >= 0.6 is 0 Å². The molecule has 2 aromatic heterocycles. The molecule has 0 atom stereocenters. The van der Waals surface area contributed by atoms with Gasteiger partial charge >= 0.3 is 11.9 Å². The fraction of sp³-hybridized carbons (Fsp3) is 0.136. The van der Waals surface area contributed by atoms with Gasteiger partial charge in [-0.05, 0) is 11.1 Å². The van der Waals surface area contributed by atoms with E-state index in [0.29, 0.717) is 0 Å². The highest BCUT2D eigenvalue weighted by atomic mass is 16.5. The van der Waals surface area contributed by atoms with E-state index in [4.69, 9.17) is 14.6 Å². The second-order valence-corrected chi connectivity index (χ2v) is 6.63. The maximum absolute atomic E-state index is 12.6. The number of aromatic nitrogens is 4. The summed E-state index contributed by atoms with van der Waals surface area (Å²) in [6.07, 6.45) is 1.32. The van der Waals surface area contributed by atoms with E-state index >= 15 is 0 Å². The number of carboxylic acids is 1. The van der Waals surface area contributed by atoms with Crippen molar-refractivity contribution in [3.05, 3.63) is 83.9 Å². The summed E-state index contributed by atoms with van der Waals surface area (Å²) in [5, 5.41) is 9.14. The maximum Gasteiger partial charge on any atom is 0.376 e. The van der Waals surface area contributed by atoms with Crippen molar-refractivity contribution in [2.75, 3.05) is 0 Å². The van der Waals surface area contributed by atoms with Crippen LogP contribution in [-0.2, 0) is 29.3 Å². The molecule has 0 bridgehead atoms. The fourth-order valence-electron chi connectivity index (χ4n) is 2.89. The maximum atomic E-state index is 12.6. The van der Waals surface area contributed by atoms with Crippen molar-refractivity contribution in [1.82, 2.24) is 19.5 Å². The quantitative estimate of drug-likeness (QED) is 0.434. The first-order valence-corrected chi connectivity index (χ1v) is 9.42. The normalized spacial score (nSPS) is 10.7. The number of rotatable bonds is 8. The number of aliphatic carboxylic acids is 1. The first-order valence-electron chi connectivity index (χ1n) is 9.42. The van der Waals surface area contributed by atoms with Crippen molar-refractivity contribution in [2.45, 2.75) is 19.8 Å². The summed E-state index contributed by atoms with van der Waals surface area (Å²) < 4.78 is 12.4. The van der Waals surface area contributed by atoms with Crippen molar-refractivity contribution in [1.29, 1.82) is 0 Å². The van der Waals surface area contributed by atoms with E-state index in [9.17, 15) is 9.59 Å². The summed E-state index contributed by atoms with van der Waals surface area (Å²) in [6.45, 7) is -0.128. The third-order valence-corrected chi connectivity index (χ3v) is 4.35. The molecule has 31 heavy (non-hydrogen) atoms. The lowest BCUT2D eigenvalue weighted by Crippen LogP contribution is -2.14. The highest BCUT2D eigenvalue weighted by molar-refractivity contribution is 5.89. The van der Waals surface area contributed by atoms with Gasteiger partial charge in [-0.3, -0.25) is 4.79 Å². The molecule has 4 aromatic rings. The molecule has 0 fully saturated rings. The van der Waals surface area contributed by atoms with E-state index in [-0.39, 0.29) is 42.6 Å². The van der Waals surface area contributed by atoms with Crippen LogP contribution in [0.25, 0.3) is 11.2 Å². The Balaban J connectivity index is 1.63. The van der Waals surface area contributed by atoms with Crippen molar-refractivity contribution in [3.63, 3.8) is 0 Å². The number of benzene rings is 2. The van der Waals surface area contributed by atoms with Gasteiger partial charge < -0.3 is 19.1 Å². The van der Waals surface area contributed by atoms with Gasteiger partial charge in [-0.1, -0.05) is 60.7 Å². The summed E-state index contributed by atoms with van der Waals surface area (Å²) in [5.41, 5.74) is 2.14. The second-order valence-electron chi connectivity index (χ2n) is 6.63. The molecule has 4 rings (SSSR count). The monoisotopic (exact) mass is 418 g/mol. The first kappa shape index (κ1) is 20.0. The predicted molar refractivity (Wildman–Crippen MR) is 109 cm³/mol. The van der Waals surface area contributed by atoms with Gasteiger partial charge in [0.25, 0.3) is 0 Å². The number of esters is 1. The average Bonchev–Trinajstić information content (AvgIpc) is 3.19. The molecule has 0 saturated heterocycles. The smallest absolute Gasteiger partial charge is 0.376 e. The van der Waals surface area contributed by atoms with Gasteiger partial charge in [0.2, 0.25) is 11.7 Å². The predicted octanol–water partition coefficient (Wildman–Crippen LogP) is 2.85. The number of ether oxygens (including phenoxy) is 2. The molecule has 0 aliphatic rings. The lowest BCUT2D eigenvalue weighted by molar-refractivity contribution is -0.137. The van der Waals surface area contributed by atoms with Crippen LogP contribution in [-0.4, -0.2) is 36.6 Å². The van der Waals surface area contributed by atoms with Crippen LogP contribution in [0.3, 0.4) is 0 Å². The summed E-state index contributed by atoms with van der Waals surface area (Å²) >= 11 is 0. The van der Waals surface area contributed by atoms with Crippen molar-refractivity contribution in [2.24, 2.45) is 0 Å². The number of carbonyl (C=O) groups excluding carboxylic acids is 1. The highest BCUT2D eigenvalue weighted by Crippen LogP contribution is 2.23. The minimum atomic E-state index is -1.07. The molecule has 0 unspecified atom stereocenters. The molecule has 2 aromatic carbocycles. The Labute approximate surface area is 176 Å². The van der Waals surface area contributed by atoms with E-state index < -0.39 is 11.9 Å². The molecule has 9 nitrogen and oxygen atoms in total.